The van der Waals surface area contributed by atoms with E-state index in [2.05, 4.69) is 262 Å². The Labute approximate surface area is 381 Å². The van der Waals surface area contributed by atoms with Gasteiger partial charge in [-0.25, -0.2) is 0 Å². The molecule has 5 heteroatoms. The van der Waals surface area contributed by atoms with E-state index in [0.717, 1.165) is 62.4 Å². The Hall–Kier alpha value is -8.38. The van der Waals surface area contributed by atoms with Crippen LogP contribution in [0.5, 0.6) is 0 Å². The highest BCUT2D eigenvalue weighted by Gasteiger charge is 2.28. The van der Waals surface area contributed by atoms with Crippen molar-refractivity contribution in [3.63, 3.8) is 0 Å². The molecule has 10 aromatic carbocycles. The van der Waals surface area contributed by atoms with Crippen LogP contribution < -0.4 is 14.7 Å². The molecule has 65 heavy (non-hydrogen) atoms. The molecule has 2 aromatic heterocycles. The van der Waals surface area contributed by atoms with Crippen molar-refractivity contribution in [3.8, 4) is 16.8 Å². The zero-order valence-corrected chi connectivity index (χ0v) is 36.1. The maximum absolute atomic E-state index is 2.46. The van der Waals surface area contributed by atoms with Gasteiger partial charge < -0.3 is 19.3 Å². The van der Waals surface area contributed by atoms with Gasteiger partial charge >= 0.3 is 0 Å². The minimum atomic E-state index is 1.04. The molecule has 12 aromatic rings. The van der Waals surface area contributed by atoms with Crippen LogP contribution in [-0.4, -0.2) is 4.57 Å². The summed E-state index contributed by atoms with van der Waals surface area (Å²) >= 11 is 1.86. The highest BCUT2D eigenvalue weighted by molar-refractivity contribution is 7.26. The number of para-hydroxylation sites is 4. The molecule has 3 heterocycles. The lowest BCUT2D eigenvalue weighted by Gasteiger charge is -2.32. The van der Waals surface area contributed by atoms with Crippen LogP contribution in [0.4, 0.5) is 51.2 Å². The number of rotatable bonds is 7. The SMILES string of the molecule is c1ccc(-c2ccc(N(c3cc4cc(c3)N(c3ccccc3)c3cccc5sc6cccc(c6c35)N4c3ccccc3)c3ccc4c5ccccc5n(-c5ccccc5)c4c3)cc2)cc1. The molecule has 0 aliphatic carbocycles. The van der Waals surface area contributed by atoms with Crippen LogP contribution in [0.3, 0.4) is 0 Å². The van der Waals surface area contributed by atoms with Gasteiger partial charge in [-0.1, -0.05) is 133 Å². The normalized spacial score (nSPS) is 12.2. The molecule has 0 N–H and O–H groups in total. The average Bonchev–Trinajstić information content (AvgIpc) is 3.93. The van der Waals surface area contributed by atoms with Gasteiger partial charge in [0.25, 0.3) is 0 Å². The molecular formula is C60H40N4S. The quantitative estimate of drug-likeness (QED) is 0.159. The van der Waals surface area contributed by atoms with Crippen LogP contribution in [0.2, 0.25) is 0 Å². The third kappa shape index (κ3) is 6.12. The molecule has 4 nitrogen and oxygen atoms in total. The number of hydrogen-bond donors (Lipinski definition) is 0. The first-order valence-electron chi connectivity index (χ1n) is 22.1. The van der Waals surface area contributed by atoms with Gasteiger partial charge in [0, 0.05) is 59.4 Å². The van der Waals surface area contributed by atoms with Gasteiger partial charge in [-0.3, -0.25) is 0 Å². The summed E-state index contributed by atoms with van der Waals surface area (Å²) in [4.78, 5) is 7.36. The third-order valence-electron chi connectivity index (χ3n) is 12.8. The largest absolute Gasteiger partial charge is 0.310 e. The van der Waals surface area contributed by atoms with Gasteiger partial charge in [0.15, 0.2) is 0 Å². The zero-order valence-electron chi connectivity index (χ0n) is 35.3. The number of hydrogen-bond acceptors (Lipinski definition) is 4. The first-order chi connectivity index (χ1) is 32.2. The average molecular weight is 849 g/mol. The van der Waals surface area contributed by atoms with E-state index in [1.54, 1.807) is 0 Å². The summed E-state index contributed by atoms with van der Waals surface area (Å²) in [7, 11) is 0. The Balaban J connectivity index is 1.12. The Morgan fingerprint density at radius 1 is 0.308 bits per heavy atom. The predicted molar refractivity (Wildman–Crippen MR) is 277 cm³/mol. The van der Waals surface area contributed by atoms with Crippen LogP contribution in [0, 0.1) is 0 Å². The summed E-state index contributed by atoms with van der Waals surface area (Å²) in [6, 6.07) is 88.5. The maximum Gasteiger partial charge on any atom is 0.0561 e. The van der Waals surface area contributed by atoms with Crippen molar-refractivity contribution in [2.45, 2.75) is 0 Å². The lowest BCUT2D eigenvalue weighted by Crippen LogP contribution is -2.15. The molecule has 0 radical (unpaired) electrons. The lowest BCUT2D eigenvalue weighted by molar-refractivity contribution is 1.18. The van der Waals surface area contributed by atoms with E-state index in [4.69, 9.17) is 0 Å². The Morgan fingerprint density at radius 2 is 0.800 bits per heavy atom. The first kappa shape index (κ1) is 37.2. The number of thiophene rings is 1. The fraction of sp³-hybridized carbons (Fsp3) is 0. The highest BCUT2D eigenvalue weighted by atomic mass is 32.1. The topological polar surface area (TPSA) is 14.7 Å². The van der Waals surface area contributed by atoms with E-state index >= 15 is 0 Å². The second kappa shape index (κ2) is 15.2. The van der Waals surface area contributed by atoms with Crippen LogP contribution in [0.25, 0.3) is 58.8 Å². The summed E-state index contributed by atoms with van der Waals surface area (Å²) in [6.45, 7) is 0. The van der Waals surface area contributed by atoms with E-state index in [-0.39, 0.29) is 0 Å². The monoisotopic (exact) mass is 848 g/mol. The molecule has 0 amide bonds. The first-order valence-corrected chi connectivity index (χ1v) is 22.9. The number of benzene rings is 10. The second-order valence-corrected chi connectivity index (χ2v) is 17.7. The number of anilines is 9. The maximum atomic E-state index is 2.46. The highest BCUT2D eigenvalue weighted by Crippen LogP contribution is 2.54. The van der Waals surface area contributed by atoms with E-state index in [9.17, 15) is 0 Å². The molecule has 306 valence electrons. The van der Waals surface area contributed by atoms with Crippen molar-refractivity contribution in [2.24, 2.45) is 0 Å². The number of nitrogens with zero attached hydrogens (tertiary/aromatic N) is 4. The minimum Gasteiger partial charge on any atom is -0.310 e. The van der Waals surface area contributed by atoms with E-state index in [0.29, 0.717) is 0 Å². The summed E-state index contributed by atoms with van der Waals surface area (Å²) in [5.74, 6) is 0. The molecule has 0 unspecified atom stereocenters. The second-order valence-electron chi connectivity index (χ2n) is 16.6. The fourth-order valence-electron chi connectivity index (χ4n) is 10.0. The van der Waals surface area contributed by atoms with Gasteiger partial charge in [-0.15, -0.1) is 11.3 Å². The molecule has 1 aliphatic rings. The lowest BCUT2D eigenvalue weighted by atomic mass is 10.0. The molecule has 0 saturated carbocycles. The van der Waals surface area contributed by atoms with Crippen molar-refractivity contribution in [1.29, 1.82) is 0 Å². The van der Waals surface area contributed by atoms with E-state index in [1.165, 1.54) is 47.6 Å². The zero-order chi connectivity index (χ0) is 42.8. The molecule has 0 fully saturated rings. The van der Waals surface area contributed by atoms with Crippen molar-refractivity contribution in [1.82, 2.24) is 4.57 Å². The fourth-order valence-corrected chi connectivity index (χ4v) is 11.2. The van der Waals surface area contributed by atoms with E-state index < -0.39 is 0 Å². The molecule has 0 saturated heterocycles. The molecule has 1 aliphatic heterocycles. The van der Waals surface area contributed by atoms with Crippen LogP contribution in [-0.2, 0) is 0 Å². The predicted octanol–water partition coefficient (Wildman–Crippen LogP) is 17.5. The molecule has 2 bridgehead atoms. The standard InChI is InChI=1S/C60H40N4S/c1-5-17-41(18-6-1)42-31-33-46(34-32-42)61(47-35-36-52-51-25-13-14-26-53(51)64(56(52)40-47)45-23-11-4-12-24-45)48-37-49-39-50(38-48)63(44-21-9-3-10-22-44)55-28-16-30-58-60(55)59-54(27-15-29-57(59)65-58)62(49)43-19-7-2-8-20-43/h1-40H. The Kier molecular flexibility index (Phi) is 8.68. The number of aromatic nitrogens is 1. The smallest absolute Gasteiger partial charge is 0.0561 e. The van der Waals surface area contributed by atoms with Crippen LogP contribution >= 0.6 is 11.3 Å². The summed E-state index contributed by atoms with van der Waals surface area (Å²) in [5, 5.41) is 4.95. The summed E-state index contributed by atoms with van der Waals surface area (Å²) in [5.41, 5.74) is 15.6. The summed E-state index contributed by atoms with van der Waals surface area (Å²) < 4.78 is 4.93. The Morgan fingerprint density at radius 3 is 1.40 bits per heavy atom. The number of fused-ring (bicyclic) bond motifs is 5. The van der Waals surface area contributed by atoms with Crippen molar-refractivity contribution >= 4 is 105 Å². The molecule has 0 atom stereocenters. The van der Waals surface area contributed by atoms with Crippen LogP contribution in [0.15, 0.2) is 243 Å². The minimum absolute atomic E-state index is 1.04. The third-order valence-corrected chi connectivity index (χ3v) is 13.9. The van der Waals surface area contributed by atoms with Crippen molar-refractivity contribution in [3.05, 3.63) is 243 Å². The van der Waals surface area contributed by atoms with Crippen molar-refractivity contribution in [2.75, 3.05) is 14.7 Å². The van der Waals surface area contributed by atoms with Gasteiger partial charge in [0.1, 0.15) is 0 Å². The Bertz CT molecular complexity index is 3590. The molecular weight excluding hydrogens is 809 g/mol. The van der Waals surface area contributed by atoms with Gasteiger partial charge in [-0.2, -0.15) is 0 Å². The van der Waals surface area contributed by atoms with E-state index in [1.807, 2.05) is 11.3 Å². The van der Waals surface area contributed by atoms with Crippen LogP contribution in [0.1, 0.15) is 0 Å². The molecule has 0 spiro atoms. The van der Waals surface area contributed by atoms with Crippen molar-refractivity contribution < 1.29 is 0 Å². The van der Waals surface area contributed by atoms with Gasteiger partial charge in [0.05, 0.1) is 39.5 Å². The summed E-state index contributed by atoms with van der Waals surface area (Å²) in [6.07, 6.45) is 0. The molecule has 13 rings (SSSR count). The van der Waals surface area contributed by atoms with Gasteiger partial charge in [-0.05, 0) is 120 Å². The van der Waals surface area contributed by atoms with Gasteiger partial charge in [0.2, 0.25) is 0 Å².